The molecule has 126 valence electrons. The van der Waals surface area contributed by atoms with E-state index in [1.807, 2.05) is 0 Å². The predicted molar refractivity (Wildman–Crippen MR) is 99.2 cm³/mol. The molecule has 0 aliphatic heterocycles. The van der Waals surface area contributed by atoms with Crippen LogP contribution in [0.15, 0.2) is 24.3 Å². The van der Waals surface area contributed by atoms with Gasteiger partial charge < -0.3 is 0 Å². The minimum atomic E-state index is 0.436. The molecule has 0 heterocycles. The molecule has 1 saturated carbocycles. The van der Waals surface area contributed by atoms with Gasteiger partial charge in [0.2, 0.25) is 0 Å². The molecule has 0 heteroatoms. The van der Waals surface area contributed by atoms with Gasteiger partial charge in [-0.1, -0.05) is 121 Å². The van der Waals surface area contributed by atoms with Crippen LogP contribution in [0.25, 0.3) is 0 Å². The van der Waals surface area contributed by atoms with Gasteiger partial charge in [0, 0.05) is 5.41 Å². The SMILES string of the molecule is C1=CC2(C=C1)CCCCCCCCCCCCCCCCC2. The molecule has 0 saturated heterocycles. The second-order valence-electron chi connectivity index (χ2n) is 7.75. The third-order valence-electron chi connectivity index (χ3n) is 5.75. The smallest absolute Gasteiger partial charge is 0.00671 e. The van der Waals surface area contributed by atoms with Gasteiger partial charge in [0.25, 0.3) is 0 Å². The second kappa shape index (κ2) is 11.1. The molecule has 2 aliphatic rings. The van der Waals surface area contributed by atoms with E-state index in [0.29, 0.717) is 5.41 Å². The molecule has 0 bridgehead atoms. The monoisotopic (exact) mass is 302 g/mol. The number of hydrogen-bond acceptors (Lipinski definition) is 0. The summed E-state index contributed by atoms with van der Waals surface area (Å²) < 4.78 is 0. The fourth-order valence-corrected chi connectivity index (χ4v) is 4.21. The molecule has 0 N–H and O–H groups in total. The Labute approximate surface area is 139 Å². The minimum Gasteiger partial charge on any atom is -0.0745 e. The zero-order chi connectivity index (χ0) is 15.3. The molecule has 2 rings (SSSR count). The van der Waals surface area contributed by atoms with Gasteiger partial charge in [0.15, 0.2) is 0 Å². The Morgan fingerprint density at radius 3 is 0.955 bits per heavy atom. The molecule has 2 aliphatic carbocycles. The molecular weight excluding hydrogens is 264 g/mol. The van der Waals surface area contributed by atoms with Gasteiger partial charge in [-0.15, -0.1) is 0 Å². The van der Waals surface area contributed by atoms with E-state index < -0.39 is 0 Å². The van der Waals surface area contributed by atoms with Gasteiger partial charge in [0.05, 0.1) is 0 Å². The molecular formula is C22H38. The highest BCUT2D eigenvalue weighted by Gasteiger charge is 2.24. The lowest BCUT2D eigenvalue weighted by Crippen LogP contribution is -2.13. The van der Waals surface area contributed by atoms with Crippen LogP contribution in [0.4, 0.5) is 0 Å². The van der Waals surface area contributed by atoms with E-state index in [1.165, 1.54) is 109 Å². The van der Waals surface area contributed by atoms with E-state index in [2.05, 4.69) is 24.3 Å². The summed E-state index contributed by atoms with van der Waals surface area (Å²) in [5.41, 5.74) is 0.436. The van der Waals surface area contributed by atoms with E-state index in [9.17, 15) is 0 Å². The van der Waals surface area contributed by atoms with Crippen LogP contribution < -0.4 is 0 Å². The van der Waals surface area contributed by atoms with Crippen LogP contribution >= 0.6 is 0 Å². The Morgan fingerprint density at radius 2 is 0.636 bits per heavy atom. The van der Waals surface area contributed by atoms with Gasteiger partial charge in [-0.2, -0.15) is 0 Å². The summed E-state index contributed by atoms with van der Waals surface area (Å²) in [4.78, 5) is 0. The van der Waals surface area contributed by atoms with E-state index in [0.717, 1.165) is 0 Å². The first-order valence-electron chi connectivity index (χ1n) is 10.3. The van der Waals surface area contributed by atoms with Crippen LogP contribution in [-0.4, -0.2) is 0 Å². The van der Waals surface area contributed by atoms with Crippen molar-refractivity contribution in [2.24, 2.45) is 5.41 Å². The molecule has 0 aromatic heterocycles. The molecule has 0 aromatic carbocycles. The van der Waals surface area contributed by atoms with Gasteiger partial charge in [-0.3, -0.25) is 0 Å². The molecule has 0 unspecified atom stereocenters. The Hall–Kier alpha value is -0.520. The van der Waals surface area contributed by atoms with Crippen LogP contribution in [0.3, 0.4) is 0 Å². The van der Waals surface area contributed by atoms with E-state index in [4.69, 9.17) is 0 Å². The van der Waals surface area contributed by atoms with Crippen molar-refractivity contribution in [2.75, 3.05) is 0 Å². The lowest BCUT2D eigenvalue weighted by molar-refractivity contribution is 0.374. The maximum absolute atomic E-state index is 2.49. The number of hydrogen-bond donors (Lipinski definition) is 0. The number of rotatable bonds is 0. The van der Waals surface area contributed by atoms with Crippen molar-refractivity contribution in [3.05, 3.63) is 24.3 Å². The summed E-state index contributed by atoms with van der Waals surface area (Å²) in [5.74, 6) is 0. The van der Waals surface area contributed by atoms with Crippen molar-refractivity contribution >= 4 is 0 Å². The van der Waals surface area contributed by atoms with Gasteiger partial charge in [-0.25, -0.2) is 0 Å². The summed E-state index contributed by atoms with van der Waals surface area (Å²) in [7, 11) is 0. The summed E-state index contributed by atoms with van der Waals surface area (Å²) >= 11 is 0. The largest absolute Gasteiger partial charge is 0.0745 e. The van der Waals surface area contributed by atoms with E-state index in [-0.39, 0.29) is 0 Å². The molecule has 22 heavy (non-hydrogen) atoms. The van der Waals surface area contributed by atoms with Crippen LogP contribution in [0.2, 0.25) is 0 Å². The van der Waals surface area contributed by atoms with Crippen molar-refractivity contribution in [1.29, 1.82) is 0 Å². The molecule has 0 atom stereocenters. The Morgan fingerprint density at radius 1 is 0.364 bits per heavy atom. The van der Waals surface area contributed by atoms with E-state index >= 15 is 0 Å². The fourth-order valence-electron chi connectivity index (χ4n) is 4.21. The first-order valence-corrected chi connectivity index (χ1v) is 10.3. The van der Waals surface area contributed by atoms with Crippen molar-refractivity contribution in [3.63, 3.8) is 0 Å². The molecule has 0 amide bonds. The number of allylic oxidation sites excluding steroid dienone is 4. The predicted octanol–water partition coefficient (Wildman–Crippen LogP) is 7.74. The lowest BCUT2D eigenvalue weighted by atomic mass is 9.79. The van der Waals surface area contributed by atoms with Gasteiger partial charge >= 0.3 is 0 Å². The van der Waals surface area contributed by atoms with Gasteiger partial charge in [0.1, 0.15) is 0 Å². The third-order valence-corrected chi connectivity index (χ3v) is 5.75. The molecule has 0 aromatic rings. The molecule has 1 spiro atoms. The average molecular weight is 303 g/mol. The zero-order valence-corrected chi connectivity index (χ0v) is 14.8. The van der Waals surface area contributed by atoms with Crippen molar-refractivity contribution in [2.45, 2.75) is 109 Å². The normalized spacial score (nSPS) is 25.8. The van der Waals surface area contributed by atoms with Crippen molar-refractivity contribution in [1.82, 2.24) is 0 Å². The summed E-state index contributed by atoms with van der Waals surface area (Å²) in [5, 5.41) is 0. The second-order valence-corrected chi connectivity index (χ2v) is 7.75. The first-order chi connectivity index (χ1) is 10.9. The average Bonchev–Trinajstić information content (AvgIpc) is 2.99. The first kappa shape index (κ1) is 17.8. The van der Waals surface area contributed by atoms with Crippen LogP contribution in [-0.2, 0) is 0 Å². The lowest BCUT2D eigenvalue weighted by Gasteiger charge is -2.25. The van der Waals surface area contributed by atoms with Gasteiger partial charge in [-0.05, 0) is 12.8 Å². The highest BCUT2D eigenvalue weighted by molar-refractivity contribution is 5.24. The van der Waals surface area contributed by atoms with Crippen LogP contribution in [0.5, 0.6) is 0 Å². The molecule has 1 fully saturated rings. The minimum absolute atomic E-state index is 0.436. The maximum Gasteiger partial charge on any atom is 0.00671 e. The summed E-state index contributed by atoms with van der Waals surface area (Å²) in [6.45, 7) is 0. The Balaban J connectivity index is 1.72. The third kappa shape index (κ3) is 7.16. The van der Waals surface area contributed by atoms with E-state index in [1.54, 1.807) is 0 Å². The quantitative estimate of drug-likeness (QED) is 0.429. The summed E-state index contributed by atoms with van der Waals surface area (Å²) in [6.07, 6.45) is 34.3. The highest BCUT2D eigenvalue weighted by Crippen LogP contribution is 2.38. The fraction of sp³-hybridized carbons (Fsp3) is 0.818. The maximum atomic E-state index is 2.49. The van der Waals surface area contributed by atoms with Crippen LogP contribution in [0, 0.1) is 5.41 Å². The van der Waals surface area contributed by atoms with Crippen molar-refractivity contribution < 1.29 is 0 Å². The zero-order valence-electron chi connectivity index (χ0n) is 14.8. The molecule has 0 nitrogen and oxygen atoms in total. The van der Waals surface area contributed by atoms with Crippen molar-refractivity contribution in [3.8, 4) is 0 Å². The Bertz CT molecular complexity index is 291. The Kier molecular flexibility index (Phi) is 8.98. The van der Waals surface area contributed by atoms with Crippen LogP contribution in [0.1, 0.15) is 109 Å². The molecule has 0 radical (unpaired) electrons. The standard InChI is InChI=1S/C22H38/c1-2-4-6-8-10-12-14-18-22(20-16-17-21-22)19-15-13-11-9-7-5-3-1/h16-17,20-21H,1-15,18-19H2. The highest BCUT2D eigenvalue weighted by atomic mass is 14.3. The summed E-state index contributed by atoms with van der Waals surface area (Å²) in [6, 6.07) is 0. The topological polar surface area (TPSA) is 0 Å².